The van der Waals surface area contributed by atoms with Crippen molar-refractivity contribution in [1.82, 2.24) is 0 Å². The molecule has 0 aromatic heterocycles. The van der Waals surface area contributed by atoms with Gasteiger partial charge in [-0.15, -0.1) is 0 Å². The highest BCUT2D eigenvalue weighted by Gasteiger charge is 2.36. The van der Waals surface area contributed by atoms with Crippen molar-refractivity contribution in [3.8, 4) is 0 Å². The first-order valence-electron chi connectivity index (χ1n) is 13.3. The lowest BCUT2D eigenvalue weighted by Gasteiger charge is -2.29. The molecule has 38 heavy (non-hydrogen) atoms. The van der Waals surface area contributed by atoms with E-state index in [4.69, 9.17) is 0 Å². The first-order valence-corrected chi connectivity index (χ1v) is 14.1. The molecule has 3 aromatic rings. The zero-order valence-corrected chi connectivity index (χ0v) is 22.5. The molecule has 1 N–H and O–H groups in total. The molecule has 194 valence electrons. The zero-order chi connectivity index (χ0) is 26.4. The highest BCUT2D eigenvalue weighted by atomic mass is 32.2. The van der Waals surface area contributed by atoms with Crippen LogP contribution in [0.25, 0.3) is 0 Å². The van der Waals surface area contributed by atoms with Gasteiger partial charge in [0.05, 0.1) is 17.2 Å². The fourth-order valence-corrected chi connectivity index (χ4v) is 6.86. The second kappa shape index (κ2) is 9.95. The number of amides is 3. The highest BCUT2D eigenvalue weighted by molar-refractivity contribution is 7.99. The minimum Gasteiger partial charge on any atom is -0.326 e. The number of benzene rings is 3. The van der Waals surface area contributed by atoms with Crippen LogP contribution in [0.3, 0.4) is 0 Å². The topological polar surface area (TPSA) is 69.7 Å². The van der Waals surface area contributed by atoms with Crippen LogP contribution in [0.1, 0.15) is 53.6 Å². The number of carbonyl (C=O) groups excluding carboxylic acids is 3. The van der Waals surface area contributed by atoms with Crippen molar-refractivity contribution in [2.24, 2.45) is 5.92 Å². The van der Waals surface area contributed by atoms with E-state index in [1.807, 2.05) is 79.4 Å². The third-order valence-electron chi connectivity index (χ3n) is 8.03. The summed E-state index contributed by atoms with van der Waals surface area (Å²) < 4.78 is 0. The molecule has 1 saturated carbocycles. The number of hydrogen-bond acceptors (Lipinski definition) is 4. The van der Waals surface area contributed by atoms with Gasteiger partial charge < -0.3 is 15.1 Å². The maximum absolute atomic E-state index is 13.6. The van der Waals surface area contributed by atoms with Crippen LogP contribution in [0.15, 0.2) is 70.5 Å². The number of carbonyl (C=O) groups is 3. The second-order valence-corrected chi connectivity index (χ2v) is 11.6. The largest absolute Gasteiger partial charge is 0.326 e. The predicted molar refractivity (Wildman–Crippen MR) is 151 cm³/mol. The number of anilines is 3. The first-order chi connectivity index (χ1) is 18.4. The Morgan fingerprint density at radius 3 is 2.50 bits per heavy atom. The molecule has 0 spiro atoms. The van der Waals surface area contributed by atoms with Gasteiger partial charge >= 0.3 is 0 Å². The summed E-state index contributed by atoms with van der Waals surface area (Å²) in [5.41, 5.74) is 5.44. The Morgan fingerprint density at radius 2 is 1.71 bits per heavy atom. The Balaban J connectivity index is 1.24. The molecular formula is C31H31N3O3S. The van der Waals surface area contributed by atoms with Crippen molar-refractivity contribution < 1.29 is 14.4 Å². The number of hydrogen-bond donors (Lipinski definition) is 1. The molecule has 1 aliphatic carbocycles. The molecule has 1 unspecified atom stereocenters. The lowest BCUT2D eigenvalue weighted by atomic mass is 10.1. The Hall–Kier alpha value is -3.58. The van der Waals surface area contributed by atoms with Gasteiger partial charge in [0.2, 0.25) is 11.8 Å². The van der Waals surface area contributed by atoms with Gasteiger partial charge in [0.15, 0.2) is 0 Å². The van der Waals surface area contributed by atoms with Gasteiger partial charge in [-0.2, -0.15) is 0 Å². The van der Waals surface area contributed by atoms with Gasteiger partial charge in [-0.1, -0.05) is 42.8 Å². The number of nitrogens with zero attached hydrogens (tertiary/aromatic N) is 2. The molecule has 1 atom stereocenters. The molecule has 3 aromatic carbocycles. The van der Waals surface area contributed by atoms with Crippen LogP contribution in [0, 0.1) is 19.8 Å². The summed E-state index contributed by atoms with van der Waals surface area (Å²) in [7, 11) is 0. The molecule has 1 saturated heterocycles. The third kappa shape index (κ3) is 4.49. The van der Waals surface area contributed by atoms with E-state index >= 15 is 0 Å². The van der Waals surface area contributed by atoms with Crippen molar-refractivity contribution >= 4 is 46.5 Å². The lowest BCUT2D eigenvalue weighted by molar-refractivity contribution is -0.122. The second-order valence-electron chi connectivity index (χ2n) is 10.6. The van der Waals surface area contributed by atoms with E-state index < -0.39 is 5.92 Å². The molecule has 2 aliphatic heterocycles. The fraction of sp³-hybridized carbons (Fsp3) is 0.323. The molecule has 2 fully saturated rings. The molecule has 3 amide bonds. The SMILES string of the molecule is Cc1ccc(N2CC(C(=O)Nc3ccc4c(c3)Sc3ccccc3C(=O)N4C3CCCC3)CC2=O)cc1C. The van der Waals surface area contributed by atoms with E-state index in [0.717, 1.165) is 58.0 Å². The lowest BCUT2D eigenvalue weighted by Crippen LogP contribution is -2.39. The maximum atomic E-state index is 13.6. The van der Waals surface area contributed by atoms with Crippen LogP contribution in [-0.2, 0) is 9.59 Å². The van der Waals surface area contributed by atoms with Crippen LogP contribution in [0.5, 0.6) is 0 Å². The third-order valence-corrected chi connectivity index (χ3v) is 9.15. The summed E-state index contributed by atoms with van der Waals surface area (Å²) in [6.07, 6.45) is 4.46. The van der Waals surface area contributed by atoms with E-state index in [9.17, 15) is 14.4 Å². The van der Waals surface area contributed by atoms with Gasteiger partial charge in [-0.05, 0) is 80.3 Å². The average molecular weight is 526 g/mol. The Labute approximate surface area is 227 Å². The van der Waals surface area contributed by atoms with Crippen molar-refractivity contribution in [2.45, 2.75) is 61.8 Å². The van der Waals surface area contributed by atoms with E-state index in [2.05, 4.69) is 5.32 Å². The van der Waals surface area contributed by atoms with Crippen LogP contribution in [0.2, 0.25) is 0 Å². The van der Waals surface area contributed by atoms with E-state index in [1.165, 1.54) is 5.56 Å². The van der Waals surface area contributed by atoms with Gasteiger partial charge in [0.1, 0.15) is 0 Å². The fourth-order valence-electron chi connectivity index (χ4n) is 5.76. The van der Waals surface area contributed by atoms with Gasteiger partial charge in [0.25, 0.3) is 5.91 Å². The van der Waals surface area contributed by atoms with Crippen LogP contribution < -0.4 is 15.1 Å². The first kappa shape index (κ1) is 24.7. The molecule has 7 heteroatoms. The summed E-state index contributed by atoms with van der Waals surface area (Å²) >= 11 is 1.57. The number of nitrogens with one attached hydrogen (secondary N) is 1. The van der Waals surface area contributed by atoms with Gasteiger partial charge in [-0.25, -0.2) is 0 Å². The number of fused-ring (bicyclic) bond motifs is 2. The van der Waals surface area contributed by atoms with E-state index in [-0.39, 0.29) is 30.2 Å². The average Bonchev–Trinajstić information content (AvgIpc) is 3.55. The minimum absolute atomic E-state index is 0.0341. The molecule has 3 aliphatic rings. The Bertz CT molecular complexity index is 1450. The smallest absolute Gasteiger partial charge is 0.259 e. The zero-order valence-electron chi connectivity index (χ0n) is 21.7. The van der Waals surface area contributed by atoms with Gasteiger partial charge in [0, 0.05) is 40.2 Å². The minimum atomic E-state index is -0.423. The molecular weight excluding hydrogens is 494 g/mol. The highest BCUT2D eigenvalue weighted by Crippen LogP contribution is 2.45. The van der Waals surface area contributed by atoms with Crippen molar-refractivity contribution in [1.29, 1.82) is 0 Å². The van der Waals surface area contributed by atoms with Crippen LogP contribution in [-0.4, -0.2) is 30.3 Å². The monoisotopic (exact) mass is 525 g/mol. The molecule has 6 rings (SSSR count). The van der Waals surface area contributed by atoms with Crippen molar-refractivity contribution in [3.63, 3.8) is 0 Å². The Kier molecular flexibility index (Phi) is 6.48. The molecule has 0 radical (unpaired) electrons. The van der Waals surface area contributed by atoms with Crippen LogP contribution >= 0.6 is 11.8 Å². The quantitative estimate of drug-likeness (QED) is 0.431. The van der Waals surface area contributed by atoms with E-state index in [1.54, 1.807) is 16.7 Å². The summed E-state index contributed by atoms with van der Waals surface area (Å²) in [5.74, 6) is -0.570. The van der Waals surface area contributed by atoms with E-state index in [0.29, 0.717) is 12.2 Å². The Morgan fingerprint density at radius 1 is 0.921 bits per heavy atom. The summed E-state index contributed by atoms with van der Waals surface area (Å²) in [5, 5.41) is 3.05. The van der Waals surface area contributed by atoms with Crippen LogP contribution in [0.4, 0.5) is 17.1 Å². The van der Waals surface area contributed by atoms with Crippen molar-refractivity contribution in [2.75, 3.05) is 21.7 Å². The molecule has 2 heterocycles. The summed E-state index contributed by atoms with van der Waals surface area (Å²) in [6.45, 7) is 4.44. The maximum Gasteiger partial charge on any atom is 0.259 e. The number of rotatable bonds is 4. The summed E-state index contributed by atoms with van der Waals surface area (Å²) in [4.78, 5) is 45.3. The molecule has 0 bridgehead atoms. The van der Waals surface area contributed by atoms with Gasteiger partial charge in [-0.3, -0.25) is 14.4 Å². The summed E-state index contributed by atoms with van der Waals surface area (Å²) in [6, 6.07) is 19.7. The van der Waals surface area contributed by atoms with Crippen molar-refractivity contribution in [3.05, 3.63) is 77.4 Å². The number of aryl methyl sites for hydroxylation is 2. The standard InChI is InChI=1S/C31H31N3O3S/c1-19-11-13-24(15-20(19)2)33-18-21(16-29(33)35)30(36)32-22-12-14-26-28(17-22)38-27-10-6-5-9-25(27)31(37)34(26)23-7-3-4-8-23/h5-6,9-15,17,21,23H,3-4,7-8,16,18H2,1-2H3,(H,32,36). The predicted octanol–water partition coefficient (Wildman–Crippen LogP) is 6.35. The normalized spacial score (nSPS) is 19.4. The molecule has 6 nitrogen and oxygen atoms in total.